The van der Waals surface area contributed by atoms with Gasteiger partial charge in [-0.3, -0.25) is 0 Å². The van der Waals surface area contributed by atoms with Crippen LogP contribution in [0.2, 0.25) is 0 Å². The van der Waals surface area contributed by atoms with E-state index in [-0.39, 0.29) is 5.97 Å². The second-order valence-corrected chi connectivity index (χ2v) is 4.05. The molecule has 1 aromatic rings. The van der Waals surface area contributed by atoms with Crippen LogP contribution in [0.1, 0.15) is 17.3 Å². The number of methoxy groups -OCH3 is 1. The van der Waals surface area contributed by atoms with Crippen molar-refractivity contribution >= 4 is 29.0 Å². The van der Waals surface area contributed by atoms with Gasteiger partial charge in [-0.25, -0.2) is 4.79 Å². The molecular weight excluding hydrogens is 264 g/mol. The molecule has 0 aliphatic heterocycles. The van der Waals surface area contributed by atoms with Crippen LogP contribution in [-0.2, 0) is 9.47 Å². The number of rotatable bonds is 6. The van der Waals surface area contributed by atoms with E-state index in [1.165, 1.54) is 0 Å². The van der Waals surface area contributed by atoms with E-state index in [0.29, 0.717) is 36.1 Å². The Labute approximate surface area is 118 Å². The molecule has 0 amide bonds. The van der Waals surface area contributed by atoms with Gasteiger partial charge in [-0.15, -0.1) is 0 Å². The van der Waals surface area contributed by atoms with E-state index in [1.54, 1.807) is 32.2 Å². The Morgan fingerprint density at radius 1 is 1.37 bits per heavy atom. The molecule has 0 saturated heterocycles. The van der Waals surface area contributed by atoms with E-state index in [2.05, 4.69) is 10.6 Å². The zero-order chi connectivity index (χ0) is 14.1. The third-order valence-corrected chi connectivity index (χ3v) is 2.51. The quantitative estimate of drug-likeness (QED) is 0.471. The van der Waals surface area contributed by atoms with E-state index in [9.17, 15) is 4.79 Å². The average Bonchev–Trinajstić information content (AvgIpc) is 2.40. The van der Waals surface area contributed by atoms with Crippen molar-refractivity contribution in [1.29, 1.82) is 0 Å². The number of esters is 1. The maximum absolute atomic E-state index is 11.8. The fraction of sp³-hybridized carbons (Fsp3) is 0.385. The van der Waals surface area contributed by atoms with Crippen molar-refractivity contribution in [3.8, 4) is 0 Å². The molecule has 0 fully saturated rings. The fourth-order valence-corrected chi connectivity index (χ4v) is 1.62. The predicted molar refractivity (Wildman–Crippen MR) is 78.5 cm³/mol. The zero-order valence-electron chi connectivity index (χ0n) is 11.1. The van der Waals surface area contributed by atoms with Crippen LogP contribution < -0.4 is 10.6 Å². The first-order valence-electron chi connectivity index (χ1n) is 5.99. The van der Waals surface area contributed by atoms with Gasteiger partial charge in [0.1, 0.15) is 0 Å². The zero-order valence-corrected chi connectivity index (χ0v) is 11.9. The molecule has 0 spiro atoms. The second-order valence-electron chi connectivity index (χ2n) is 3.64. The largest absolute Gasteiger partial charge is 0.462 e. The second kappa shape index (κ2) is 8.44. The average molecular weight is 282 g/mol. The summed E-state index contributed by atoms with van der Waals surface area (Å²) in [6.07, 6.45) is 0. The molecule has 5 nitrogen and oxygen atoms in total. The van der Waals surface area contributed by atoms with Gasteiger partial charge < -0.3 is 20.1 Å². The highest BCUT2D eigenvalue weighted by Crippen LogP contribution is 2.16. The molecule has 2 N–H and O–H groups in total. The lowest BCUT2D eigenvalue weighted by molar-refractivity contribution is 0.0527. The standard InChI is InChI=1S/C13H18N2O3S/c1-3-18-12(16)10-6-4-5-7-11(10)15-13(19)14-8-9-17-2/h4-7H,3,8-9H2,1-2H3,(H2,14,15,19). The van der Waals surface area contributed by atoms with E-state index in [4.69, 9.17) is 21.7 Å². The van der Waals surface area contributed by atoms with Crippen LogP contribution in [0.15, 0.2) is 24.3 Å². The van der Waals surface area contributed by atoms with E-state index in [1.807, 2.05) is 6.07 Å². The highest BCUT2D eigenvalue weighted by Gasteiger charge is 2.12. The number of carbonyl (C=O) groups excluding carboxylic acids is 1. The summed E-state index contributed by atoms with van der Waals surface area (Å²) in [6.45, 7) is 3.26. The van der Waals surface area contributed by atoms with E-state index >= 15 is 0 Å². The first-order chi connectivity index (χ1) is 9.19. The number of para-hydroxylation sites is 1. The monoisotopic (exact) mass is 282 g/mol. The third kappa shape index (κ3) is 5.23. The van der Waals surface area contributed by atoms with Crippen LogP contribution in [0.5, 0.6) is 0 Å². The van der Waals surface area contributed by atoms with Gasteiger partial charge in [0.25, 0.3) is 0 Å². The molecule has 6 heteroatoms. The summed E-state index contributed by atoms with van der Waals surface area (Å²) in [5.74, 6) is -0.370. The van der Waals surface area contributed by atoms with Crippen LogP contribution in [0, 0.1) is 0 Å². The number of nitrogens with one attached hydrogen (secondary N) is 2. The number of benzene rings is 1. The van der Waals surface area contributed by atoms with E-state index < -0.39 is 0 Å². The van der Waals surface area contributed by atoms with Crippen LogP contribution >= 0.6 is 12.2 Å². The van der Waals surface area contributed by atoms with Crippen molar-refractivity contribution in [2.45, 2.75) is 6.92 Å². The Morgan fingerprint density at radius 2 is 2.11 bits per heavy atom. The number of hydrogen-bond donors (Lipinski definition) is 2. The predicted octanol–water partition coefficient (Wildman–Crippen LogP) is 1.80. The van der Waals surface area contributed by atoms with Crippen LogP contribution in [-0.4, -0.2) is 38.0 Å². The van der Waals surface area contributed by atoms with Crippen molar-refractivity contribution < 1.29 is 14.3 Å². The SMILES string of the molecule is CCOC(=O)c1ccccc1NC(=S)NCCOC. The molecule has 1 aromatic carbocycles. The van der Waals surface area contributed by atoms with Crippen molar-refractivity contribution in [3.05, 3.63) is 29.8 Å². The maximum atomic E-state index is 11.8. The van der Waals surface area contributed by atoms with Gasteiger partial charge in [-0.1, -0.05) is 12.1 Å². The van der Waals surface area contributed by atoms with Gasteiger partial charge in [-0.05, 0) is 31.3 Å². The fourth-order valence-electron chi connectivity index (χ4n) is 1.41. The Morgan fingerprint density at radius 3 is 2.79 bits per heavy atom. The summed E-state index contributed by atoms with van der Waals surface area (Å²) >= 11 is 5.13. The molecule has 0 heterocycles. The topological polar surface area (TPSA) is 59.6 Å². The molecule has 0 aromatic heterocycles. The molecule has 0 radical (unpaired) electrons. The summed E-state index contributed by atoms with van der Waals surface area (Å²) in [6, 6.07) is 7.07. The van der Waals surface area contributed by atoms with Crippen molar-refractivity contribution in [3.63, 3.8) is 0 Å². The normalized spacial score (nSPS) is 9.79. The summed E-state index contributed by atoms with van der Waals surface area (Å²) in [5, 5.41) is 6.38. The molecule has 0 bridgehead atoms. The smallest absolute Gasteiger partial charge is 0.340 e. The Kier molecular flexibility index (Phi) is 6.84. The first kappa shape index (κ1) is 15.4. The van der Waals surface area contributed by atoms with Crippen LogP contribution in [0.4, 0.5) is 5.69 Å². The van der Waals surface area contributed by atoms with Crippen LogP contribution in [0.3, 0.4) is 0 Å². The minimum absolute atomic E-state index is 0.337. The first-order valence-corrected chi connectivity index (χ1v) is 6.39. The van der Waals surface area contributed by atoms with Crippen molar-refractivity contribution in [2.24, 2.45) is 0 Å². The highest BCUT2D eigenvalue weighted by molar-refractivity contribution is 7.80. The molecular formula is C13H18N2O3S. The Hall–Kier alpha value is -1.66. The number of hydrogen-bond acceptors (Lipinski definition) is 4. The van der Waals surface area contributed by atoms with Gasteiger partial charge in [0.05, 0.1) is 24.5 Å². The number of thiocarbonyl (C=S) groups is 1. The molecule has 0 atom stereocenters. The number of carbonyl (C=O) groups is 1. The van der Waals surface area contributed by atoms with Gasteiger partial charge in [0.15, 0.2) is 5.11 Å². The molecule has 0 aliphatic carbocycles. The number of anilines is 1. The summed E-state index contributed by atoms with van der Waals surface area (Å²) in [7, 11) is 1.62. The highest BCUT2D eigenvalue weighted by atomic mass is 32.1. The molecule has 0 unspecified atom stereocenters. The maximum Gasteiger partial charge on any atom is 0.340 e. The van der Waals surface area contributed by atoms with Crippen molar-refractivity contribution in [2.75, 3.05) is 32.2 Å². The van der Waals surface area contributed by atoms with Gasteiger partial charge in [-0.2, -0.15) is 0 Å². The summed E-state index contributed by atoms with van der Waals surface area (Å²) in [5.41, 5.74) is 1.08. The summed E-state index contributed by atoms with van der Waals surface area (Å²) in [4.78, 5) is 11.8. The lowest BCUT2D eigenvalue weighted by Crippen LogP contribution is -2.31. The van der Waals surface area contributed by atoms with Gasteiger partial charge >= 0.3 is 5.97 Å². The van der Waals surface area contributed by atoms with Gasteiger partial charge in [0.2, 0.25) is 0 Å². The van der Waals surface area contributed by atoms with Gasteiger partial charge in [0, 0.05) is 13.7 Å². The number of ether oxygens (including phenoxy) is 2. The van der Waals surface area contributed by atoms with Crippen molar-refractivity contribution in [1.82, 2.24) is 5.32 Å². The molecule has 0 aliphatic rings. The minimum atomic E-state index is -0.370. The molecule has 104 valence electrons. The lowest BCUT2D eigenvalue weighted by atomic mass is 10.2. The van der Waals surface area contributed by atoms with Crippen LogP contribution in [0.25, 0.3) is 0 Å². The minimum Gasteiger partial charge on any atom is -0.462 e. The van der Waals surface area contributed by atoms with E-state index in [0.717, 1.165) is 0 Å². The summed E-state index contributed by atoms with van der Waals surface area (Å²) < 4.78 is 9.90. The Balaban J connectivity index is 2.67. The Bertz CT molecular complexity index is 438. The lowest BCUT2D eigenvalue weighted by Gasteiger charge is -2.13. The molecule has 1 rings (SSSR count). The third-order valence-electron chi connectivity index (χ3n) is 2.26. The molecule has 0 saturated carbocycles. The molecule has 19 heavy (non-hydrogen) atoms.